The summed E-state index contributed by atoms with van der Waals surface area (Å²) in [5.41, 5.74) is 1.61. The topological polar surface area (TPSA) is 29.5 Å². The Morgan fingerprint density at radius 3 is 2.55 bits per heavy atom. The predicted molar refractivity (Wildman–Crippen MR) is 87.4 cm³/mol. The Bertz CT molecular complexity index is 394. The first-order valence-electron chi connectivity index (χ1n) is 8.12. The van der Waals surface area contributed by atoms with Gasteiger partial charge in [-0.05, 0) is 50.2 Å². The first kappa shape index (κ1) is 16.3. The Balaban J connectivity index is 2.20. The van der Waals surface area contributed by atoms with E-state index < -0.39 is 8.32 Å². The van der Waals surface area contributed by atoms with E-state index in [4.69, 9.17) is 4.43 Å². The van der Waals surface area contributed by atoms with Crippen LogP contribution >= 0.6 is 0 Å². The van der Waals surface area contributed by atoms with Gasteiger partial charge in [-0.15, -0.1) is 0 Å². The van der Waals surface area contributed by atoms with Crippen molar-refractivity contribution in [3.05, 3.63) is 11.6 Å². The molecule has 116 valence electrons. The maximum atomic E-state index is 9.94. The normalized spacial score (nSPS) is 35.5. The highest BCUT2D eigenvalue weighted by Gasteiger charge is 2.48. The molecule has 0 aromatic rings. The summed E-state index contributed by atoms with van der Waals surface area (Å²) in [6.07, 6.45) is 7.67. The minimum Gasteiger partial charge on any atom is -0.413 e. The van der Waals surface area contributed by atoms with Crippen LogP contribution in [-0.2, 0) is 4.43 Å². The monoisotopic (exact) mass is 296 g/mol. The standard InChI is InChI=1S/C17H32O2Si/c1-16(2,3)20(5,6)19-15-9-7-8-13-12-14(18)10-11-17(13,15)4/h8,14-15,18H,7,9-12H2,1-6H3/t14-,15-,17-/m0/s1. The molecule has 0 amide bonds. The first-order valence-corrected chi connectivity index (χ1v) is 11.0. The Hall–Kier alpha value is -0.123. The minimum absolute atomic E-state index is 0.138. The van der Waals surface area contributed by atoms with Crippen molar-refractivity contribution in [1.29, 1.82) is 0 Å². The van der Waals surface area contributed by atoms with E-state index >= 15 is 0 Å². The molecule has 1 N–H and O–H groups in total. The van der Waals surface area contributed by atoms with E-state index in [1.165, 1.54) is 5.57 Å². The molecular weight excluding hydrogens is 264 g/mol. The van der Waals surface area contributed by atoms with Gasteiger partial charge in [-0.2, -0.15) is 0 Å². The summed E-state index contributed by atoms with van der Waals surface area (Å²) in [5, 5.41) is 10.2. The predicted octanol–water partition coefficient (Wildman–Crippen LogP) is 4.65. The number of allylic oxidation sites excluding steroid dienone is 1. The third-order valence-corrected chi connectivity index (χ3v) is 10.4. The summed E-state index contributed by atoms with van der Waals surface area (Å²) in [5.74, 6) is 0. The summed E-state index contributed by atoms with van der Waals surface area (Å²) in [4.78, 5) is 0. The van der Waals surface area contributed by atoms with Crippen LogP contribution in [0.25, 0.3) is 0 Å². The molecule has 3 heteroatoms. The highest BCUT2D eigenvalue weighted by Crippen LogP contribution is 2.50. The second-order valence-electron chi connectivity index (χ2n) is 8.49. The second kappa shape index (κ2) is 5.26. The van der Waals surface area contributed by atoms with E-state index in [2.05, 4.69) is 46.9 Å². The largest absolute Gasteiger partial charge is 0.413 e. The van der Waals surface area contributed by atoms with Crippen LogP contribution in [0.15, 0.2) is 11.6 Å². The van der Waals surface area contributed by atoms with Gasteiger partial charge < -0.3 is 9.53 Å². The molecule has 2 rings (SSSR count). The van der Waals surface area contributed by atoms with Crippen LogP contribution in [0.5, 0.6) is 0 Å². The van der Waals surface area contributed by atoms with E-state index in [1.807, 2.05) is 0 Å². The number of rotatable bonds is 2. The van der Waals surface area contributed by atoms with Crippen LogP contribution in [0.3, 0.4) is 0 Å². The molecule has 1 saturated carbocycles. The Morgan fingerprint density at radius 2 is 1.95 bits per heavy atom. The molecule has 1 fully saturated rings. The third kappa shape index (κ3) is 2.90. The van der Waals surface area contributed by atoms with Crippen LogP contribution in [0.2, 0.25) is 18.1 Å². The highest BCUT2D eigenvalue weighted by molar-refractivity contribution is 6.74. The number of fused-ring (bicyclic) bond motifs is 1. The molecule has 0 radical (unpaired) electrons. The van der Waals surface area contributed by atoms with Gasteiger partial charge >= 0.3 is 0 Å². The first-order chi connectivity index (χ1) is 9.06. The van der Waals surface area contributed by atoms with Crippen molar-refractivity contribution < 1.29 is 9.53 Å². The van der Waals surface area contributed by atoms with Crippen molar-refractivity contribution in [3.63, 3.8) is 0 Å². The number of aliphatic hydroxyl groups is 1. The molecule has 0 bridgehead atoms. The average Bonchev–Trinajstić information content (AvgIpc) is 2.30. The van der Waals surface area contributed by atoms with E-state index in [9.17, 15) is 5.11 Å². The van der Waals surface area contributed by atoms with E-state index in [0.29, 0.717) is 6.10 Å². The Kier molecular flexibility index (Phi) is 4.27. The van der Waals surface area contributed by atoms with Crippen LogP contribution in [-0.4, -0.2) is 25.6 Å². The summed E-state index contributed by atoms with van der Waals surface area (Å²) < 4.78 is 6.77. The maximum absolute atomic E-state index is 9.94. The molecule has 0 spiro atoms. The zero-order valence-electron chi connectivity index (χ0n) is 14.1. The third-order valence-electron chi connectivity index (χ3n) is 5.96. The SMILES string of the molecule is CC(C)(C)[Si](C)(C)O[C@H]1CCC=C2C[C@@H](O)CC[C@@]21C. The second-order valence-corrected chi connectivity index (χ2v) is 13.2. The van der Waals surface area contributed by atoms with Gasteiger partial charge in [-0.25, -0.2) is 0 Å². The number of hydrogen-bond acceptors (Lipinski definition) is 2. The lowest BCUT2D eigenvalue weighted by atomic mass is 9.64. The van der Waals surface area contributed by atoms with Crippen LogP contribution in [0.1, 0.15) is 59.8 Å². The van der Waals surface area contributed by atoms with Crippen molar-refractivity contribution in [2.45, 2.75) is 90.1 Å². The van der Waals surface area contributed by atoms with Crippen LogP contribution < -0.4 is 0 Å². The van der Waals surface area contributed by atoms with Crippen molar-refractivity contribution in [3.8, 4) is 0 Å². The van der Waals surface area contributed by atoms with E-state index in [1.54, 1.807) is 0 Å². The van der Waals surface area contributed by atoms with Crippen molar-refractivity contribution in [1.82, 2.24) is 0 Å². The van der Waals surface area contributed by atoms with Crippen LogP contribution in [0.4, 0.5) is 0 Å². The van der Waals surface area contributed by atoms with Gasteiger partial charge in [0.25, 0.3) is 0 Å². The molecule has 0 aromatic heterocycles. The number of hydrogen-bond donors (Lipinski definition) is 1. The Labute approximate surface area is 125 Å². The van der Waals surface area contributed by atoms with E-state index in [-0.39, 0.29) is 16.6 Å². The molecule has 0 aromatic carbocycles. The fourth-order valence-corrected chi connectivity index (χ4v) is 4.79. The van der Waals surface area contributed by atoms with Gasteiger partial charge in [-0.1, -0.05) is 39.3 Å². The van der Waals surface area contributed by atoms with Crippen molar-refractivity contribution in [2.75, 3.05) is 0 Å². The fourth-order valence-electron chi connectivity index (χ4n) is 3.35. The summed E-state index contributed by atoms with van der Waals surface area (Å²) >= 11 is 0. The van der Waals surface area contributed by atoms with Gasteiger partial charge in [0.05, 0.1) is 12.2 Å². The molecule has 2 aliphatic rings. The lowest BCUT2D eigenvalue weighted by molar-refractivity contribution is 0.0142. The average molecular weight is 297 g/mol. The lowest BCUT2D eigenvalue weighted by Gasteiger charge is -2.50. The molecule has 0 unspecified atom stereocenters. The molecule has 3 atom stereocenters. The van der Waals surface area contributed by atoms with Gasteiger partial charge in [0, 0.05) is 5.41 Å². The zero-order valence-corrected chi connectivity index (χ0v) is 15.1. The molecule has 2 aliphatic carbocycles. The lowest BCUT2D eigenvalue weighted by Crippen LogP contribution is -2.51. The van der Waals surface area contributed by atoms with Gasteiger partial charge in [0.2, 0.25) is 0 Å². The van der Waals surface area contributed by atoms with Crippen molar-refractivity contribution >= 4 is 8.32 Å². The highest BCUT2D eigenvalue weighted by atomic mass is 28.4. The quantitative estimate of drug-likeness (QED) is 0.594. The molecule has 2 nitrogen and oxygen atoms in total. The zero-order chi connectivity index (χ0) is 15.2. The smallest absolute Gasteiger partial charge is 0.192 e. The van der Waals surface area contributed by atoms with E-state index in [0.717, 1.165) is 32.1 Å². The van der Waals surface area contributed by atoms with Gasteiger partial charge in [-0.3, -0.25) is 0 Å². The maximum Gasteiger partial charge on any atom is 0.192 e. The minimum atomic E-state index is -1.72. The molecule has 0 heterocycles. The molecular formula is C17H32O2Si. The summed E-state index contributed by atoms with van der Waals surface area (Å²) in [6.45, 7) is 14.0. The van der Waals surface area contributed by atoms with Gasteiger partial charge in [0.15, 0.2) is 8.32 Å². The Morgan fingerprint density at radius 1 is 1.30 bits per heavy atom. The molecule has 0 aliphatic heterocycles. The van der Waals surface area contributed by atoms with Crippen molar-refractivity contribution in [2.24, 2.45) is 5.41 Å². The molecule has 0 saturated heterocycles. The molecule has 20 heavy (non-hydrogen) atoms. The van der Waals surface area contributed by atoms with Gasteiger partial charge in [0.1, 0.15) is 0 Å². The fraction of sp³-hybridized carbons (Fsp3) is 0.882. The van der Waals surface area contributed by atoms with Crippen LogP contribution in [0, 0.1) is 5.41 Å². The summed E-state index contributed by atoms with van der Waals surface area (Å²) in [6, 6.07) is 0. The summed E-state index contributed by atoms with van der Waals surface area (Å²) in [7, 11) is -1.72. The number of aliphatic hydroxyl groups excluding tert-OH is 1.